The average Bonchev–Trinajstić information content (AvgIpc) is 2.85. The summed E-state index contributed by atoms with van der Waals surface area (Å²) in [7, 11) is -13.2. The molecule has 0 fully saturated rings. The van der Waals surface area contributed by atoms with Crippen LogP contribution in [0.15, 0.2) is 129 Å². The van der Waals surface area contributed by atoms with Gasteiger partial charge in [0.15, 0.2) is 11.5 Å². The van der Waals surface area contributed by atoms with Gasteiger partial charge in [0.05, 0.1) is 0 Å². The molecule has 0 aromatic heterocycles. The van der Waals surface area contributed by atoms with Gasteiger partial charge in [-0.25, -0.2) is 8.42 Å². The van der Waals surface area contributed by atoms with Crippen molar-refractivity contribution in [2.24, 2.45) is 0 Å². The molecule has 11 heteroatoms. The Balaban J connectivity index is 1.76. The highest BCUT2D eigenvalue weighted by molar-refractivity contribution is 7.92. The van der Waals surface area contributed by atoms with Gasteiger partial charge in [-0.1, -0.05) is 60.7 Å². The van der Waals surface area contributed by atoms with E-state index in [1.807, 2.05) is 0 Å². The molecule has 0 heterocycles. The van der Waals surface area contributed by atoms with Crippen LogP contribution in [-0.4, -0.2) is 25.3 Å². The first-order valence-corrected chi connectivity index (χ1v) is 14.3. The van der Waals surface area contributed by atoms with Crippen LogP contribution in [-0.2, 0) is 30.1 Å². The SMILES string of the molecule is O=S(=O)(Oc1ccccc1S(=O)(=O)c1ccccc1OS(=O)(=O)c1ccccc1)c1ccccc1. The van der Waals surface area contributed by atoms with Gasteiger partial charge in [0.1, 0.15) is 19.6 Å². The Hall–Kier alpha value is -3.67. The Kier molecular flexibility index (Phi) is 6.66. The molecule has 0 spiro atoms. The van der Waals surface area contributed by atoms with E-state index in [9.17, 15) is 25.3 Å². The molecule has 0 saturated carbocycles. The Labute approximate surface area is 203 Å². The maximum absolute atomic E-state index is 13.6. The van der Waals surface area contributed by atoms with Gasteiger partial charge in [0.2, 0.25) is 9.84 Å². The van der Waals surface area contributed by atoms with Crippen molar-refractivity contribution in [1.82, 2.24) is 0 Å². The molecule has 0 N–H and O–H groups in total. The number of para-hydroxylation sites is 2. The van der Waals surface area contributed by atoms with E-state index in [0.29, 0.717) is 0 Å². The van der Waals surface area contributed by atoms with E-state index < -0.39 is 51.4 Å². The summed E-state index contributed by atoms with van der Waals surface area (Å²) in [5.74, 6) is -0.894. The molecule has 0 atom stereocenters. The minimum absolute atomic E-state index is 0.162. The first-order chi connectivity index (χ1) is 16.6. The van der Waals surface area contributed by atoms with E-state index >= 15 is 0 Å². The minimum Gasteiger partial charge on any atom is -0.378 e. The Morgan fingerprint density at radius 1 is 0.400 bits per heavy atom. The van der Waals surface area contributed by atoms with Crippen molar-refractivity contribution in [1.29, 1.82) is 0 Å². The van der Waals surface area contributed by atoms with Gasteiger partial charge in [0.25, 0.3) is 0 Å². The van der Waals surface area contributed by atoms with Crippen molar-refractivity contribution < 1.29 is 33.6 Å². The van der Waals surface area contributed by atoms with E-state index in [4.69, 9.17) is 8.37 Å². The molecule has 0 amide bonds. The number of benzene rings is 4. The van der Waals surface area contributed by atoms with Crippen molar-refractivity contribution in [2.75, 3.05) is 0 Å². The third-order valence-electron chi connectivity index (χ3n) is 4.74. The largest absolute Gasteiger partial charge is 0.378 e. The summed E-state index contributed by atoms with van der Waals surface area (Å²) >= 11 is 0. The maximum atomic E-state index is 13.6. The molecule has 180 valence electrons. The highest BCUT2D eigenvalue weighted by Gasteiger charge is 2.30. The molecule has 0 unspecified atom stereocenters. The zero-order chi connectivity index (χ0) is 25.1. The summed E-state index contributed by atoms with van der Waals surface area (Å²) in [5, 5.41) is 0. The summed E-state index contributed by atoms with van der Waals surface area (Å²) in [5.41, 5.74) is 0. The Bertz CT molecular complexity index is 1540. The lowest BCUT2D eigenvalue weighted by atomic mass is 10.3. The van der Waals surface area contributed by atoms with Crippen LogP contribution in [0.1, 0.15) is 0 Å². The van der Waals surface area contributed by atoms with Crippen molar-refractivity contribution in [2.45, 2.75) is 19.6 Å². The quantitative estimate of drug-likeness (QED) is 0.313. The standard InChI is InChI=1S/C24H18O8S3/c25-33(26,23-17-9-7-15-21(23)31-34(27,28)19-11-3-1-4-12-19)24-18-10-8-16-22(24)32-35(29,30)20-13-5-2-6-14-20/h1-18H. The van der Waals surface area contributed by atoms with Gasteiger partial charge in [-0.2, -0.15) is 16.8 Å². The molecule has 0 saturated heterocycles. The monoisotopic (exact) mass is 530 g/mol. The number of hydrogen-bond acceptors (Lipinski definition) is 8. The topological polar surface area (TPSA) is 121 Å². The van der Waals surface area contributed by atoms with Crippen LogP contribution in [0, 0.1) is 0 Å². The fourth-order valence-corrected chi connectivity index (χ4v) is 6.65. The summed E-state index contributed by atoms with van der Waals surface area (Å²) < 4.78 is 88.3. The fourth-order valence-electron chi connectivity index (χ4n) is 3.11. The second-order valence-corrected chi connectivity index (χ2v) is 12.1. The third kappa shape index (κ3) is 5.21. The second kappa shape index (κ2) is 9.53. The maximum Gasteiger partial charge on any atom is 0.339 e. The first kappa shape index (κ1) is 24.5. The second-order valence-electron chi connectivity index (χ2n) is 7.10. The molecular weight excluding hydrogens is 512 g/mol. The van der Waals surface area contributed by atoms with Crippen LogP contribution in [0.25, 0.3) is 0 Å². The van der Waals surface area contributed by atoms with Crippen molar-refractivity contribution in [3.8, 4) is 11.5 Å². The summed E-state index contributed by atoms with van der Waals surface area (Å²) in [6, 6.07) is 24.8. The van der Waals surface area contributed by atoms with E-state index in [2.05, 4.69) is 0 Å². The zero-order valence-corrected chi connectivity index (χ0v) is 20.3. The molecule has 35 heavy (non-hydrogen) atoms. The Morgan fingerprint density at radius 2 is 0.714 bits per heavy atom. The van der Waals surface area contributed by atoms with Gasteiger partial charge < -0.3 is 8.37 Å². The van der Waals surface area contributed by atoms with Crippen LogP contribution in [0.2, 0.25) is 0 Å². The van der Waals surface area contributed by atoms with Crippen LogP contribution < -0.4 is 8.37 Å². The molecule has 0 aliphatic heterocycles. The molecular formula is C24H18O8S3. The lowest BCUT2D eigenvalue weighted by Gasteiger charge is -2.15. The van der Waals surface area contributed by atoms with Crippen LogP contribution in [0.4, 0.5) is 0 Å². The van der Waals surface area contributed by atoms with Crippen LogP contribution in [0.5, 0.6) is 11.5 Å². The van der Waals surface area contributed by atoms with Crippen molar-refractivity contribution >= 4 is 30.1 Å². The van der Waals surface area contributed by atoms with Crippen LogP contribution in [0.3, 0.4) is 0 Å². The summed E-state index contributed by atoms with van der Waals surface area (Å²) in [4.78, 5) is -1.28. The van der Waals surface area contributed by atoms with E-state index in [-0.39, 0.29) is 9.79 Å². The molecule has 4 rings (SSSR count). The molecule has 0 radical (unpaired) electrons. The zero-order valence-electron chi connectivity index (χ0n) is 17.9. The van der Waals surface area contributed by atoms with Gasteiger partial charge in [-0.3, -0.25) is 0 Å². The van der Waals surface area contributed by atoms with Crippen molar-refractivity contribution in [3.63, 3.8) is 0 Å². The predicted octanol–water partition coefficient (Wildman–Crippen LogP) is 4.05. The smallest absolute Gasteiger partial charge is 0.339 e. The number of sulfone groups is 1. The minimum atomic E-state index is -4.49. The van der Waals surface area contributed by atoms with Gasteiger partial charge in [-0.15, -0.1) is 0 Å². The molecule has 8 nitrogen and oxygen atoms in total. The van der Waals surface area contributed by atoms with E-state index in [1.165, 1.54) is 84.9 Å². The number of rotatable bonds is 8. The molecule has 4 aromatic rings. The van der Waals surface area contributed by atoms with Crippen LogP contribution >= 0.6 is 0 Å². The molecule has 0 bridgehead atoms. The first-order valence-electron chi connectivity index (χ1n) is 10.0. The lowest BCUT2D eigenvalue weighted by molar-refractivity contribution is 0.477. The van der Waals surface area contributed by atoms with Crippen molar-refractivity contribution in [3.05, 3.63) is 109 Å². The normalized spacial score (nSPS) is 12.1. The highest BCUT2D eigenvalue weighted by Crippen LogP contribution is 2.36. The predicted molar refractivity (Wildman–Crippen MR) is 127 cm³/mol. The van der Waals surface area contributed by atoms with E-state index in [1.54, 1.807) is 12.1 Å². The molecule has 0 aliphatic rings. The summed E-state index contributed by atoms with van der Waals surface area (Å²) in [6.07, 6.45) is 0. The van der Waals surface area contributed by atoms with E-state index in [0.717, 1.165) is 12.1 Å². The van der Waals surface area contributed by atoms with Gasteiger partial charge in [0, 0.05) is 0 Å². The third-order valence-corrected chi connectivity index (χ3v) is 9.07. The number of hydrogen-bond donors (Lipinski definition) is 0. The fraction of sp³-hybridized carbons (Fsp3) is 0. The lowest BCUT2D eigenvalue weighted by Crippen LogP contribution is -2.14. The van der Waals surface area contributed by atoms with Gasteiger partial charge in [-0.05, 0) is 48.5 Å². The summed E-state index contributed by atoms with van der Waals surface area (Å²) in [6.45, 7) is 0. The molecule has 0 aliphatic carbocycles. The highest BCUT2D eigenvalue weighted by atomic mass is 32.2. The molecule has 4 aromatic carbocycles. The van der Waals surface area contributed by atoms with Gasteiger partial charge >= 0.3 is 20.2 Å². The average molecular weight is 531 g/mol. The Morgan fingerprint density at radius 3 is 1.09 bits per heavy atom.